The maximum atomic E-state index is 13.7. The molecule has 1 saturated carbocycles. The van der Waals surface area contributed by atoms with Gasteiger partial charge in [-0.1, -0.05) is 43.4 Å². The summed E-state index contributed by atoms with van der Waals surface area (Å²) >= 11 is 5.67. The van der Waals surface area contributed by atoms with E-state index in [1.54, 1.807) is 6.07 Å². The fourth-order valence-electron chi connectivity index (χ4n) is 2.71. The number of carbonyl (C=O) groups is 1. The van der Waals surface area contributed by atoms with Crippen molar-refractivity contribution in [2.75, 3.05) is 13.1 Å². The van der Waals surface area contributed by atoms with E-state index in [4.69, 9.17) is 11.6 Å². The van der Waals surface area contributed by atoms with Gasteiger partial charge < -0.3 is 10.6 Å². The maximum absolute atomic E-state index is 13.7. The number of nitrogens with one attached hydrogen (secondary N) is 2. The number of carbonyl (C=O) groups excluding carboxylic acids is 1. The van der Waals surface area contributed by atoms with Crippen molar-refractivity contribution in [2.45, 2.75) is 44.6 Å². The molecule has 1 aromatic carbocycles. The van der Waals surface area contributed by atoms with Gasteiger partial charge in [0.05, 0.1) is 10.6 Å². The van der Waals surface area contributed by atoms with Gasteiger partial charge in [-0.15, -0.1) is 0 Å². The lowest BCUT2D eigenvalue weighted by molar-refractivity contribution is 0.0949. The molecule has 116 valence electrons. The number of amides is 1. The van der Waals surface area contributed by atoms with Gasteiger partial charge in [0.1, 0.15) is 0 Å². The van der Waals surface area contributed by atoms with Crippen LogP contribution in [0.15, 0.2) is 18.2 Å². The Bertz CT molecular complexity index is 473. The van der Waals surface area contributed by atoms with Gasteiger partial charge in [0.15, 0.2) is 5.82 Å². The van der Waals surface area contributed by atoms with Crippen molar-refractivity contribution in [1.82, 2.24) is 10.6 Å². The highest BCUT2D eigenvalue weighted by Gasteiger charge is 2.14. The molecule has 0 unspecified atom stereocenters. The van der Waals surface area contributed by atoms with Crippen LogP contribution in [0.4, 0.5) is 4.39 Å². The van der Waals surface area contributed by atoms with Crippen LogP contribution < -0.4 is 10.6 Å². The molecule has 0 heterocycles. The molecule has 1 amide bonds. The van der Waals surface area contributed by atoms with Crippen LogP contribution in [0, 0.1) is 5.82 Å². The Morgan fingerprint density at radius 3 is 2.62 bits per heavy atom. The molecule has 1 aliphatic rings. The first-order valence-electron chi connectivity index (χ1n) is 7.64. The minimum Gasteiger partial charge on any atom is -0.351 e. The largest absolute Gasteiger partial charge is 0.351 e. The molecule has 0 radical (unpaired) electrons. The van der Waals surface area contributed by atoms with E-state index in [1.807, 2.05) is 0 Å². The normalized spacial score (nSPS) is 16.5. The van der Waals surface area contributed by atoms with Crippen LogP contribution in [0.2, 0.25) is 5.02 Å². The van der Waals surface area contributed by atoms with E-state index < -0.39 is 11.7 Å². The Kier molecular flexibility index (Phi) is 6.46. The average Bonchev–Trinajstić information content (AvgIpc) is 2.75. The van der Waals surface area contributed by atoms with E-state index in [9.17, 15) is 9.18 Å². The molecule has 0 aliphatic heterocycles. The standard InChI is InChI=1S/C16H22ClFN2O/c17-14-9-5-8-13(15(14)18)16(21)20-11-10-19-12-6-3-1-2-4-7-12/h5,8-9,12,19H,1-4,6-7,10-11H2,(H,20,21). The van der Waals surface area contributed by atoms with E-state index in [0.29, 0.717) is 19.1 Å². The lowest BCUT2D eigenvalue weighted by Crippen LogP contribution is -2.37. The molecular formula is C16H22ClFN2O. The number of halogens is 2. The molecule has 21 heavy (non-hydrogen) atoms. The van der Waals surface area contributed by atoms with Crippen molar-refractivity contribution < 1.29 is 9.18 Å². The molecule has 1 fully saturated rings. The highest BCUT2D eigenvalue weighted by molar-refractivity contribution is 6.31. The average molecular weight is 313 g/mol. The fraction of sp³-hybridized carbons (Fsp3) is 0.562. The van der Waals surface area contributed by atoms with Gasteiger partial charge in [0.2, 0.25) is 0 Å². The maximum Gasteiger partial charge on any atom is 0.254 e. The quantitative estimate of drug-likeness (QED) is 0.645. The summed E-state index contributed by atoms with van der Waals surface area (Å²) in [5.74, 6) is -1.08. The lowest BCUT2D eigenvalue weighted by atomic mass is 10.1. The molecule has 2 rings (SSSR count). The van der Waals surface area contributed by atoms with E-state index in [1.165, 1.54) is 50.7 Å². The third kappa shape index (κ3) is 4.97. The molecular weight excluding hydrogens is 291 g/mol. The van der Waals surface area contributed by atoms with Gasteiger partial charge in [0.25, 0.3) is 5.91 Å². The van der Waals surface area contributed by atoms with E-state index in [-0.39, 0.29) is 10.6 Å². The molecule has 2 N–H and O–H groups in total. The second kappa shape index (κ2) is 8.35. The van der Waals surface area contributed by atoms with Crippen molar-refractivity contribution >= 4 is 17.5 Å². The van der Waals surface area contributed by atoms with Crippen molar-refractivity contribution in [3.8, 4) is 0 Å². The monoisotopic (exact) mass is 312 g/mol. The second-order valence-corrected chi connectivity index (χ2v) is 5.91. The summed E-state index contributed by atoms with van der Waals surface area (Å²) in [6.07, 6.45) is 7.61. The summed E-state index contributed by atoms with van der Waals surface area (Å²) in [5.41, 5.74) is -0.00281. The zero-order valence-electron chi connectivity index (χ0n) is 12.1. The predicted octanol–water partition coefficient (Wildman–Crippen LogP) is 3.52. The van der Waals surface area contributed by atoms with Crippen molar-refractivity contribution in [1.29, 1.82) is 0 Å². The number of hydrogen-bond donors (Lipinski definition) is 2. The smallest absolute Gasteiger partial charge is 0.254 e. The van der Waals surface area contributed by atoms with Gasteiger partial charge in [0, 0.05) is 19.1 Å². The predicted molar refractivity (Wildman–Crippen MR) is 83.2 cm³/mol. The SMILES string of the molecule is O=C(NCCNC1CCCCCC1)c1cccc(Cl)c1F. The first kappa shape index (κ1) is 16.2. The molecule has 0 aromatic heterocycles. The van der Waals surface area contributed by atoms with Crippen LogP contribution in [0.5, 0.6) is 0 Å². The molecule has 1 aromatic rings. The van der Waals surface area contributed by atoms with Crippen LogP contribution >= 0.6 is 11.6 Å². The lowest BCUT2D eigenvalue weighted by Gasteiger charge is -2.16. The van der Waals surface area contributed by atoms with Gasteiger partial charge in [-0.3, -0.25) is 4.79 Å². The summed E-state index contributed by atoms with van der Waals surface area (Å²) in [6.45, 7) is 1.19. The molecule has 5 heteroatoms. The molecule has 3 nitrogen and oxygen atoms in total. The highest BCUT2D eigenvalue weighted by atomic mass is 35.5. The highest BCUT2D eigenvalue weighted by Crippen LogP contribution is 2.18. The van der Waals surface area contributed by atoms with Crippen LogP contribution in [0.1, 0.15) is 48.9 Å². The third-order valence-electron chi connectivity index (χ3n) is 3.89. The number of benzene rings is 1. The summed E-state index contributed by atoms with van der Waals surface area (Å²) in [5, 5.41) is 6.15. The van der Waals surface area contributed by atoms with Crippen LogP contribution in [-0.4, -0.2) is 25.0 Å². The number of hydrogen-bond acceptors (Lipinski definition) is 2. The topological polar surface area (TPSA) is 41.1 Å². The van der Waals surface area contributed by atoms with Gasteiger partial charge in [-0.05, 0) is 25.0 Å². The number of rotatable bonds is 5. The van der Waals surface area contributed by atoms with Crippen LogP contribution in [-0.2, 0) is 0 Å². The molecule has 0 saturated heterocycles. The Morgan fingerprint density at radius 1 is 1.19 bits per heavy atom. The van der Waals surface area contributed by atoms with E-state index in [0.717, 1.165) is 0 Å². The van der Waals surface area contributed by atoms with E-state index >= 15 is 0 Å². The van der Waals surface area contributed by atoms with Gasteiger partial charge in [-0.25, -0.2) is 4.39 Å². The summed E-state index contributed by atoms with van der Waals surface area (Å²) < 4.78 is 13.7. The van der Waals surface area contributed by atoms with Crippen molar-refractivity contribution in [3.05, 3.63) is 34.6 Å². The minimum absolute atomic E-state index is 0.00281. The van der Waals surface area contributed by atoms with Gasteiger partial charge >= 0.3 is 0 Å². The van der Waals surface area contributed by atoms with Crippen LogP contribution in [0.25, 0.3) is 0 Å². The molecule has 0 bridgehead atoms. The summed E-state index contributed by atoms with van der Waals surface area (Å²) in [7, 11) is 0. The molecule has 0 spiro atoms. The van der Waals surface area contributed by atoms with Crippen molar-refractivity contribution in [3.63, 3.8) is 0 Å². The zero-order chi connectivity index (χ0) is 15.1. The van der Waals surface area contributed by atoms with Crippen LogP contribution in [0.3, 0.4) is 0 Å². The fourth-order valence-corrected chi connectivity index (χ4v) is 2.88. The zero-order valence-corrected chi connectivity index (χ0v) is 12.9. The first-order chi connectivity index (χ1) is 10.2. The summed E-state index contributed by atoms with van der Waals surface area (Å²) in [4.78, 5) is 11.9. The third-order valence-corrected chi connectivity index (χ3v) is 4.19. The van der Waals surface area contributed by atoms with E-state index in [2.05, 4.69) is 10.6 Å². The Balaban J connectivity index is 1.73. The first-order valence-corrected chi connectivity index (χ1v) is 8.02. The Hall–Kier alpha value is -1.13. The Morgan fingerprint density at radius 2 is 1.90 bits per heavy atom. The Labute approximate surface area is 130 Å². The molecule has 0 atom stereocenters. The van der Waals surface area contributed by atoms with Crippen molar-refractivity contribution in [2.24, 2.45) is 0 Å². The second-order valence-electron chi connectivity index (χ2n) is 5.50. The minimum atomic E-state index is -0.659. The summed E-state index contributed by atoms with van der Waals surface area (Å²) in [6, 6.07) is 4.99. The van der Waals surface area contributed by atoms with Gasteiger partial charge in [-0.2, -0.15) is 0 Å². The molecule has 1 aliphatic carbocycles.